The van der Waals surface area contributed by atoms with Crippen LogP contribution in [0.1, 0.15) is 16.1 Å². The lowest BCUT2D eigenvalue weighted by atomic mass is 10.2. The van der Waals surface area contributed by atoms with Gasteiger partial charge < -0.3 is 5.32 Å². The summed E-state index contributed by atoms with van der Waals surface area (Å²) in [5, 5.41) is 12.2. The topological polar surface area (TPSA) is 64.7 Å². The lowest BCUT2D eigenvalue weighted by Gasteiger charge is -2.04. The SMILES string of the molecule is Cn1cc(Br)c(C(=O)Nc2nn(Cc3ccc(Cl)c(Cl)c3)cc2Br)n1. The van der Waals surface area contributed by atoms with E-state index in [9.17, 15) is 4.79 Å². The van der Waals surface area contributed by atoms with E-state index in [1.54, 1.807) is 40.9 Å². The number of halogens is 4. The molecule has 2 aromatic heterocycles. The van der Waals surface area contributed by atoms with Crippen molar-refractivity contribution in [2.24, 2.45) is 7.05 Å². The van der Waals surface area contributed by atoms with Gasteiger partial charge >= 0.3 is 0 Å². The zero-order valence-corrected chi connectivity index (χ0v) is 17.5. The van der Waals surface area contributed by atoms with Crippen LogP contribution in [0.15, 0.2) is 39.5 Å². The molecule has 2 heterocycles. The Kier molecular flexibility index (Phi) is 5.52. The molecule has 130 valence electrons. The maximum Gasteiger partial charge on any atom is 0.278 e. The van der Waals surface area contributed by atoms with Crippen molar-refractivity contribution in [2.45, 2.75) is 6.54 Å². The summed E-state index contributed by atoms with van der Waals surface area (Å²) in [6.07, 6.45) is 3.47. The molecule has 0 bridgehead atoms. The molecular weight excluding hydrogens is 497 g/mol. The van der Waals surface area contributed by atoms with E-state index in [0.29, 0.717) is 31.4 Å². The Morgan fingerprint density at radius 3 is 2.56 bits per heavy atom. The molecule has 0 unspecified atom stereocenters. The van der Waals surface area contributed by atoms with E-state index < -0.39 is 0 Å². The average molecular weight is 508 g/mol. The predicted molar refractivity (Wildman–Crippen MR) is 104 cm³/mol. The highest BCUT2D eigenvalue weighted by Gasteiger charge is 2.17. The first-order chi connectivity index (χ1) is 11.8. The Balaban J connectivity index is 1.77. The molecule has 0 saturated heterocycles. The fraction of sp³-hybridized carbons (Fsp3) is 0.133. The lowest BCUT2D eigenvalue weighted by molar-refractivity contribution is 0.102. The third-order valence-corrected chi connectivity index (χ3v) is 5.18. The van der Waals surface area contributed by atoms with E-state index in [2.05, 4.69) is 47.4 Å². The molecule has 1 N–H and O–H groups in total. The summed E-state index contributed by atoms with van der Waals surface area (Å²) in [6, 6.07) is 5.38. The summed E-state index contributed by atoms with van der Waals surface area (Å²) in [5.41, 5.74) is 1.23. The summed E-state index contributed by atoms with van der Waals surface area (Å²) in [6.45, 7) is 0.485. The number of rotatable bonds is 4. The zero-order valence-electron chi connectivity index (χ0n) is 12.8. The molecule has 0 saturated carbocycles. The first-order valence-electron chi connectivity index (χ1n) is 7.01. The van der Waals surface area contributed by atoms with Crippen molar-refractivity contribution in [3.8, 4) is 0 Å². The summed E-state index contributed by atoms with van der Waals surface area (Å²) >= 11 is 18.7. The minimum absolute atomic E-state index is 0.286. The smallest absolute Gasteiger partial charge is 0.278 e. The van der Waals surface area contributed by atoms with Crippen LogP contribution in [0.5, 0.6) is 0 Å². The quantitative estimate of drug-likeness (QED) is 0.554. The molecule has 10 heteroatoms. The molecular formula is C15H11Br2Cl2N5O. The molecule has 25 heavy (non-hydrogen) atoms. The van der Waals surface area contributed by atoms with Gasteiger partial charge in [0.2, 0.25) is 0 Å². The second kappa shape index (κ2) is 7.49. The number of carbonyl (C=O) groups is 1. The molecule has 6 nitrogen and oxygen atoms in total. The number of nitrogens with one attached hydrogen (secondary N) is 1. The van der Waals surface area contributed by atoms with E-state index in [1.807, 2.05) is 6.07 Å². The largest absolute Gasteiger partial charge is 0.303 e. The number of nitrogens with zero attached hydrogens (tertiary/aromatic N) is 4. The molecule has 0 fully saturated rings. The van der Waals surface area contributed by atoms with Crippen LogP contribution < -0.4 is 5.32 Å². The number of carbonyl (C=O) groups excluding carboxylic acids is 1. The van der Waals surface area contributed by atoms with Gasteiger partial charge in [-0.25, -0.2) is 0 Å². The van der Waals surface area contributed by atoms with Crippen LogP contribution in [-0.4, -0.2) is 25.5 Å². The maximum atomic E-state index is 12.3. The fourth-order valence-corrected chi connectivity index (χ4v) is 3.46. The summed E-state index contributed by atoms with van der Waals surface area (Å²) < 4.78 is 4.51. The molecule has 0 atom stereocenters. The number of hydrogen-bond acceptors (Lipinski definition) is 3. The van der Waals surface area contributed by atoms with Gasteiger partial charge in [0.05, 0.1) is 25.5 Å². The van der Waals surface area contributed by atoms with Gasteiger partial charge in [-0.15, -0.1) is 0 Å². The standard InChI is InChI=1S/C15H11Br2Cl2N5O/c1-23-6-9(16)13(21-23)15(25)20-14-10(17)7-24(22-14)5-8-2-3-11(18)12(19)4-8/h2-4,6-7H,5H2,1H3,(H,20,22,25). The summed E-state index contributed by atoms with van der Waals surface area (Å²) in [7, 11) is 1.74. The van der Waals surface area contributed by atoms with Crippen LogP contribution in [0.3, 0.4) is 0 Å². The Labute approximate surface area is 170 Å². The molecule has 1 aromatic carbocycles. The van der Waals surface area contributed by atoms with Crippen molar-refractivity contribution >= 4 is 66.8 Å². The van der Waals surface area contributed by atoms with Crippen LogP contribution in [0.2, 0.25) is 10.0 Å². The number of anilines is 1. The van der Waals surface area contributed by atoms with Crippen molar-refractivity contribution in [2.75, 3.05) is 5.32 Å². The van der Waals surface area contributed by atoms with Crippen LogP contribution in [0.25, 0.3) is 0 Å². The van der Waals surface area contributed by atoms with E-state index in [1.165, 1.54) is 0 Å². The first-order valence-corrected chi connectivity index (χ1v) is 9.35. The van der Waals surface area contributed by atoms with Gasteiger partial charge in [-0.2, -0.15) is 10.2 Å². The van der Waals surface area contributed by atoms with Crippen molar-refractivity contribution < 1.29 is 4.79 Å². The van der Waals surface area contributed by atoms with E-state index in [-0.39, 0.29) is 11.6 Å². The second-order valence-corrected chi connectivity index (χ2v) is 7.75. The van der Waals surface area contributed by atoms with Gasteiger partial charge in [-0.1, -0.05) is 29.3 Å². The van der Waals surface area contributed by atoms with Crippen LogP contribution >= 0.6 is 55.1 Å². The number of hydrogen-bond donors (Lipinski definition) is 1. The highest BCUT2D eigenvalue weighted by Crippen LogP contribution is 2.25. The minimum Gasteiger partial charge on any atom is -0.303 e. The molecule has 0 radical (unpaired) electrons. The van der Waals surface area contributed by atoms with Crippen LogP contribution in [0.4, 0.5) is 5.82 Å². The molecule has 0 aliphatic rings. The maximum absolute atomic E-state index is 12.3. The monoisotopic (exact) mass is 505 g/mol. The van der Waals surface area contributed by atoms with Gasteiger partial charge in [0.1, 0.15) is 0 Å². The number of benzene rings is 1. The molecule has 3 aromatic rings. The fourth-order valence-electron chi connectivity index (χ4n) is 2.17. The highest BCUT2D eigenvalue weighted by molar-refractivity contribution is 9.11. The normalized spacial score (nSPS) is 10.9. The Hall–Kier alpha value is -1.35. The lowest BCUT2D eigenvalue weighted by Crippen LogP contribution is -2.14. The molecule has 3 rings (SSSR count). The van der Waals surface area contributed by atoms with Crippen molar-refractivity contribution in [3.63, 3.8) is 0 Å². The Bertz CT molecular complexity index is 954. The van der Waals surface area contributed by atoms with Crippen LogP contribution in [-0.2, 0) is 13.6 Å². The zero-order chi connectivity index (χ0) is 18.1. The van der Waals surface area contributed by atoms with Gasteiger partial charge in [-0.05, 0) is 49.6 Å². The van der Waals surface area contributed by atoms with Gasteiger partial charge in [0.15, 0.2) is 11.5 Å². The van der Waals surface area contributed by atoms with Crippen LogP contribution in [0, 0.1) is 0 Å². The third kappa shape index (κ3) is 4.25. The van der Waals surface area contributed by atoms with Crippen molar-refractivity contribution in [1.82, 2.24) is 19.6 Å². The Morgan fingerprint density at radius 2 is 1.92 bits per heavy atom. The average Bonchev–Trinajstić information content (AvgIpc) is 3.05. The molecule has 0 aliphatic heterocycles. The Morgan fingerprint density at radius 1 is 1.16 bits per heavy atom. The second-order valence-electron chi connectivity index (χ2n) is 5.23. The molecule has 1 amide bonds. The third-order valence-electron chi connectivity index (χ3n) is 3.28. The number of aromatic nitrogens is 4. The molecule has 0 spiro atoms. The van der Waals surface area contributed by atoms with Crippen molar-refractivity contribution in [3.05, 3.63) is 60.8 Å². The number of amides is 1. The highest BCUT2D eigenvalue weighted by atomic mass is 79.9. The first kappa shape index (κ1) is 18.4. The molecule has 0 aliphatic carbocycles. The predicted octanol–water partition coefficient (Wildman–Crippen LogP) is 4.75. The van der Waals surface area contributed by atoms with Gasteiger partial charge in [-0.3, -0.25) is 14.2 Å². The number of aryl methyl sites for hydroxylation is 1. The minimum atomic E-state index is -0.354. The summed E-state index contributed by atoms with van der Waals surface area (Å²) in [5.74, 6) is 0.0515. The van der Waals surface area contributed by atoms with E-state index in [4.69, 9.17) is 23.2 Å². The van der Waals surface area contributed by atoms with Gasteiger partial charge in [0, 0.05) is 19.4 Å². The summed E-state index contributed by atoms with van der Waals surface area (Å²) in [4.78, 5) is 12.3. The van der Waals surface area contributed by atoms with E-state index in [0.717, 1.165) is 5.56 Å². The van der Waals surface area contributed by atoms with Gasteiger partial charge in [0.25, 0.3) is 5.91 Å². The van der Waals surface area contributed by atoms with E-state index >= 15 is 0 Å². The van der Waals surface area contributed by atoms with Crippen molar-refractivity contribution in [1.29, 1.82) is 0 Å².